The van der Waals surface area contributed by atoms with E-state index in [4.69, 9.17) is 16.0 Å². The minimum atomic E-state index is -2.46. The van der Waals surface area contributed by atoms with Gasteiger partial charge in [-0.3, -0.25) is 4.79 Å². The third-order valence-corrected chi connectivity index (χ3v) is 6.57. The first-order valence-electron chi connectivity index (χ1n) is 9.45. The standard InChI is InChI=1S/C22H16ClF2N3O2S2/c23-17-4-2-1-3-16(17)18-10-7-14(30-18)12-26-28-22-27-20(29)19(32-22)11-13-5-8-15(9-6-13)31-21(24)25/h1-10,12,19,21H,11H2,(H,27,28,29)/b26-12-/t19-/m0/s1. The van der Waals surface area contributed by atoms with Gasteiger partial charge in [-0.25, -0.2) is 0 Å². The molecule has 32 heavy (non-hydrogen) atoms. The van der Waals surface area contributed by atoms with Crippen LogP contribution in [0.3, 0.4) is 0 Å². The van der Waals surface area contributed by atoms with Crippen LogP contribution in [-0.4, -0.2) is 28.3 Å². The quantitative estimate of drug-likeness (QED) is 0.247. The second kappa shape index (κ2) is 10.3. The number of nitrogens with one attached hydrogen (secondary N) is 1. The number of carbonyl (C=O) groups excluding carboxylic acids is 1. The van der Waals surface area contributed by atoms with E-state index in [-0.39, 0.29) is 11.2 Å². The van der Waals surface area contributed by atoms with Crippen LogP contribution in [0.1, 0.15) is 11.3 Å². The highest BCUT2D eigenvalue weighted by Crippen LogP contribution is 2.29. The summed E-state index contributed by atoms with van der Waals surface area (Å²) in [5.41, 5.74) is 1.66. The van der Waals surface area contributed by atoms with E-state index in [1.807, 2.05) is 18.2 Å². The summed E-state index contributed by atoms with van der Waals surface area (Å²) in [4.78, 5) is 12.7. The van der Waals surface area contributed by atoms with Crippen LogP contribution in [0, 0.1) is 0 Å². The van der Waals surface area contributed by atoms with Crippen LogP contribution in [0.4, 0.5) is 8.78 Å². The Morgan fingerprint density at radius 2 is 1.94 bits per heavy atom. The summed E-state index contributed by atoms with van der Waals surface area (Å²) in [6, 6.07) is 17.7. The minimum Gasteiger partial charge on any atom is -0.455 e. The molecule has 1 amide bonds. The van der Waals surface area contributed by atoms with Crippen molar-refractivity contribution >= 4 is 52.4 Å². The summed E-state index contributed by atoms with van der Waals surface area (Å²) in [5, 5.41) is 11.3. The molecule has 5 nitrogen and oxygen atoms in total. The maximum atomic E-state index is 12.4. The van der Waals surface area contributed by atoms with Crippen molar-refractivity contribution in [3.05, 3.63) is 77.0 Å². The summed E-state index contributed by atoms with van der Waals surface area (Å²) in [7, 11) is 0. The van der Waals surface area contributed by atoms with Crippen molar-refractivity contribution in [2.75, 3.05) is 0 Å². The first-order valence-corrected chi connectivity index (χ1v) is 11.6. The van der Waals surface area contributed by atoms with Crippen LogP contribution >= 0.6 is 35.1 Å². The van der Waals surface area contributed by atoms with Crippen molar-refractivity contribution in [1.82, 2.24) is 5.32 Å². The molecule has 1 N–H and O–H groups in total. The number of carbonyl (C=O) groups is 1. The lowest BCUT2D eigenvalue weighted by atomic mass is 10.1. The van der Waals surface area contributed by atoms with E-state index >= 15 is 0 Å². The van der Waals surface area contributed by atoms with Gasteiger partial charge in [0.2, 0.25) is 5.91 Å². The molecule has 0 aliphatic carbocycles. The van der Waals surface area contributed by atoms with Gasteiger partial charge in [0, 0.05) is 10.5 Å². The van der Waals surface area contributed by atoms with Crippen molar-refractivity contribution in [3.8, 4) is 11.3 Å². The predicted octanol–water partition coefficient (Wildman–Crippen LogP) is 6.08. The van der Waals surface area contributed by atoms with Gasteiger partial charge in [0.1, 0.15) is 11.5 Å². The summed E-state index contributed by atoms with van der Waals surface area (Å²) < 4.78 is 30.6. The van der Waals surface area contributed by atoms with Gasteiger partial charge >= 0.3 is 0 Å². The van der Waals surface area contributed by atoms with Gasteiger partial charge in [-0.2, -0.15) is 13.9 Å². The van der Waals surface area contributed by atoms with Crippen molar-refractivity contribution in [2.24, 2.45) is 10.2 Å². The van der Waals surface area contributed by atoms with E-state index in [0.29, 0.717) is 44.8 Å². The molecule has 4 rings (SSSR count). The molecule has 0 radical (unpaired) electrons. The highest BCUT2D eigenvalue weighted by atomic mass is 35.5. The van der Waals surface area contributed by atoms with Crippen molar-refractivity contribution < 1.29 is 18.0 Å². The molecule has 2 heterocycles. The zero-order valence-corrected chi connectivity index (χ0v) is 18.8. The number of hydrogen-bond acceptors (Lipinski definition) is 6. The van der Waals surface area contributed by atoms with Crippen LogP contribution in [0.15, 0.2) is 80.2 Å². The van der Waals surface area contributed by atoms with E-state index in [9.17, 15) is 13.6 Å². The normalized spacial score (nSPS) is 17.6. The molecule has 0 unspecified atom stereocenters. The molecule has 1 aromatic heterocycles. The first kappa shape index (κ1) is 22.6. The lowest BCUT2D eigenvalue weighted by Gasteiger charge is -2.06. The fourth-order valence-corrected chi connectivity index (χ4v) is 4.67. The topological polar surface area (TPSA) is 67.0 Å². The lowest BCUT2D eigenvalue weighted by molar-refractivity contribution is -0.118. The molecular formula is C22H16ClF2N3O2S2. The average Bonchev–Trinajstić information content (AvgIpc) is 3.36. The smallest absolute Gasteiger partial charge is 0.288 e. The lowest BCUT2D eigenvalue weighted by Crippen LogP contribution is -2.25. The van der Waals surface area contributed by atoms with Crippen molar-refractivity contribution in [2.45, 2.75) is 22.3 Å². The Hall–Kier alpha value is -2.62. The molecule has 0 saturated carbocycles. The maximum absolute atomic E-state index is 12.4. The Bertz CT molecular complexity index is 1170. The van der Waals surface area contributed by atoms with Crippen molar-refractivity contribution in [1.29, 1.82) is 0 Å². The first-order chi connectivity index (χ1) is 15.5. The maximum Gasteiger partial charge on any atom is 0.288 e. The molecule has 1 atom stereocenters. The van der Waals surface area contributed by atoms with Crippen molar-refractivity contribution in [3.63, 3.8) is 0 Å². The summed E-state index contributed by atoms with van der Waals surface area (Å²) in [6.45, 7) is 0. The number of benzene rings is 2. The monoisotopic (exact) mass is 491 g/mol. The number of thioether (sulfide) groups is 2. The zero-order valence-electron chi connectivity index (χ0n) is 16.4. The largest absolute Gasteiger partial charge is 0.455 e. The number of rotatable bonds is 7. The molecule has 3 aromatic rings. The molecule has 0 spiro atoms. The number of hydrogen-bond donors (Lipinski definition) is 1. The number of amides is 1. The molecule has 1 aliphatic rings. The molecule has 2 aromatic carbocycles. The van der Waals surface area contributed by atoms with Gasteiger partial charge in [-0.1, -0.05) is 59.4 Å². The van der Waals surface area contributed by atoms with Crippen LogP contribution in [0.5, 0.6) is 0 Å². The molecule has 1 aliphatic heterocycles. The van der Waals surface area contributed by atoms with Gasteiger partial charge in [0.25, 0.3) is 5.76 Å². The van der Waals surface area contributed by atoms with E-state index in [0.717, 1.165) is 11.1 Å². The number of furan rings is 1. The second-order valence-corrected chi connectivity index (χ2v) is 9.32. The van der Waals surface area contributed by atoms with Crippen LogP contribution in [0.2, 0.25) is 5.02 Å². The molecule has 1 saturated heterocycles. The number of amidine groups is 1. The molecular weight excluding hydrogens is 476 g/mol. The SMILES string of the molecule is O=C1N/C(=N\N=C/c2ccc(-c3ccccc3Cl)o2)S[C@H]1Cc1ccc(SC(F)F)cc1. The van der Waals surface area contributed by atoms with Gasteiger partial charge in [-0.15, -0.1) is 5.10 Å². The number of halogens is 3. The third-order valence-electron chi connectivity index (χ3n) is 4.45. The Morgan fingerprint density at radius 3 is 2.69 bits per heavy atom. The van der Waals surface area contributed by atoms with Gasteiger partial charge in [0.05, 0.1) is 16.5 Å². The van der Waals surface area contributed by atoms with Gasteiger partial charge in [-0.05, 0) is 48.4 Å². The highest BCUT2D eigenvalue weighted by Gasteiger charge is 2.30. The fraction of sp³-hybridized carbons (Fsp3) is 0.136. The number of alkyl halides is 2. The summed E-state index contributed by atoms with van der Waals surface area (Å²) in [6.07, 6.45) is 1.91. The van der Waals surface area contributed by atoms with Gasteiger partial charge in [0.15, 0.2) is 5.17 Å². The molecule has 10 heteroatoms. The minimum absolute atomic E-state index is 0.172. The van der Waals surface area contributed by atoms with E-state index in [1.165, 1.54) is 18.0 Å². The Balaban J connectivity index is 1.35. The summed E-state index contributed by atoms with van der Waals surface area (Å²) in [5.74, 6) is -1.52. The Morgan fingerprint density at radius 1 is 1.16 bits per heavy atom. The number of nitrogens with zero attached hydrogens (tertiary/aromatic N) is 2. The molecule has 1 fully saturated rings. The van der Waals surface area contributed by atoms with Crippen LogP contribution in [0.25, 0.3) is 11.3 Å². The highest BCUT2D eigenvalue weighted by molar-refractivity contribution is 8.15. The van der Waals surface area contributed by atoms with E-state index < -0.39 is 5.76 Å². The zero-order chi connectivity index (χ0) is 22.5. The van der Waals surface area contributed by atoms with Gasteiger partial charge < -0.3 is 9.73 Å². The second-order valence-electron chi connectivity index (χ2n) is 6.65. The average molecular weight is 492 g/mol. The van der Waals surface area contributed by atoms with Crippen LogP contribution in [-0.2, 0) is 11.2 Å². The summed E-state index contributed by atoms with van der Waals surface area (Å²) >= 11 is 7.94. The van der Waals surface area contributed by atoms with Crippen LogP contribution < -0.4 is 5.32 Å². The molecule has 164 valence electrons. The Kier molecular flexibility index (Phi) is 7.29. The predicted molar refractivity (Wildman–Crippen MR) is 126 cm³/mol. The van der Waals surface area contributed by atoms with E-state index in [2.05, 4.69) is 15.5 Å². The fourth-order valence-electron chi connectivity index (χ4n) is 2.97. The molecule has 0 bridgehead atoms. The Labute approximate surface area is 196 Å². The van der Waals surface area contributed by atoms with E-state index in [1.54, 1.807) is 42.5 Å². The third kappa shape index (κ3) is 5.79.